The summed E-state index contributed by atoms with van der Waals surface area (Å²) in [5.41, 5.74) is 0.499. The van der Waals surface area contributed by atoms with E-state index in [0.29, 0.717) is 53.1 Å². The average Bonchev–Trinajstić information content (AvgIpc) is 3.78. The molecule has 0 bridgehead atoms. The number of amides is 3. The number of nitrogens with zero attached hydrogens (tertiary/aromatic N) is 9. The quantitative estimate of drug-likeness (QED) is 0.125. The van der Waals surface area contributed by atoms with Crippen LogP contribution < -0.4 is 48.6 Å². The van der Waals surface area contributed by atoms with E-state index in [-0.39, 0.29) is 50.8 Å². The van der Waals surface area contributed by atoms with Gasteiger partial charge < -0.3 is 31.9 Å². The number of rotatable bonds is 8. The van der Waals surface area contributed by atoms with E-state index < -0.39 is 17.0 Å². The van der Waals surface area contributed by atoms with E-state index in [1.165, 1.54) is 38.7 Å². The van der Waals surface area contributed by atoms with Gasteiger partial charge in [-0.25, -0.2) is 29.9 Å². The SMILES string of the molecule is CC1(C)NC(=O)c2c(Cl)cc(Nc3ccncn3)c(=O)n21.CCc1cc(Nc2ccncn2)c(=O)n2c1C(=O)NC2(C)C.CCc1cc(Nc2ccncn2)c(=O)n2c1C(=O)NC2(C)C. The molecule has 6 N–H and O–H groups in total. The normalized spacial score (nSPS) is 15.4. The van der Waals surface area contributed by atoms with E-state index >= 15 is 0 Å². The highest BCUT2D eigenvalue weighted by Crippen LogP contribution is 2.30. The van der Waals surface area contributed by atoms with Gasteiger partial charge in [0.1, 0.15) is 87.6 Å². The van der Waals surface area contributed by atoms with Crippen molar-refractivity contribution in [3.8, 4) is 0 Å². The number of aryl methyl sites for hydroxylation is 2. The zero-order chi connectivity index (χ0) is 47.0. The van der Waals surface area contributed by atoms with Gasteiger partial charge in [0.2, 0.25) is 0 Å². The van der Waals surface area contributed by atoms with Crippen LogP contribution in [-0.4, -0.2) is 61.3 Å². The number of aromatic nitrogens is 9. The summed E-state index contributed by atoms with van der Waals surface area (Å²) in [4.78, 5) is 98.0. The lowest BCUT2D eigenvalue weighted by atomic mass is 10.1. The van der Waals surface area contributed by atoms with Gasteiger partial charge in [0, 0.05) is 18.6 Å². The number of pyridine rings is 3. The third-order valence-corrected chi connectivity index (χ3v) is 10.9. The molecule has 0 aromatic carbocycles. The Bertz CT molecular complexity index is 2890. The third kappa shape index (κ3) is 8.77. The Morgan fingerprint density at radius 2 is 0.815 bits per heavy atom. The minimum atomic E-state index is -0.837. The molecule has 0 atom stereocenters. The summed E-state index contributed by atoms with van der Waals surface area (Å²) < 4.78 is 4.37. The van der Waals surface area contributed by atoms with Gasteiger partial charge in [-0.3, -0.25) is 42.5 Å². The van der Waals surface area contributed by atoms with E-state index in [1.54, 1.807) is 90.5 Å². The van der Waals surface area contributed by atoms with Crippen LogP contribution in [0.4, 0.5) is 34.5 Å². The van der Waals surface area contributed by atoms with Crippen LogP contribution in [0, 0.1) is 0 Å². The Morgan fingerprint density at radius 1 is 0.508 bits per heavy atom. The van der Waals surface area contributed by atoms with E-state index in [9.17, 15) is 28.8 Å². The van der Waals surface area contributed by atoms with Gasteiger partial charge in [0.25, 0.3) is 34.4 Å². The molecule has 336 valence electrons. The minimum Gasteiger partial charge on any atom is -0.336 e. The number of hydrogen-bond acceptors (Lipinski definition) is 15. The Labute approximate surface area is 376 Å². The number of nitrogens with one attached hydrogen (secondary N) is 6. The highest BCUT2D eigenvalue weighted by Gasteiger charge is 2.40. The Kier molecular flexibility index (Phi) is 12.1. The predicted molar refractivity (Wildman–Crippen MR) is 242 cm³/mol. The molecule has 9 rings (SSSR count). The molecular formula is C43H46ClN15O6. The van der Waals surface area contributed by atoms with Crippen LogP contribution in [0.5, 0.6) is 0 Å². The van der Waals surface area contributed by atoms with Crippen molar-refractivity contribution >= 4 is 63.8 Å². The summed E-state index contributed by atoms with van der Waals surface area (Å²) >= 11 is 6.14. The standard InChI is InChI=1S/2C15H17N5O2.C13H12ClN5O2/c2*1-4-9-7-10(18-11-5-6-16-8-17-11)14(22)20-12(9)13(21)19-15(20,2)3;1-13(2)18-11(20)10-7(14)5-8(12(21)19(10)13)17-9-3-4-15-6-16-9/h2*5-8H,4H2,1-3H3,(H,19,21)(H,16,17,18);3-6H,1-2H3,(H,18,20)(H,15,16,17). The Hall–Kier alpha value is -7.81. The van der Waals surface area contributed by atoms with Crippen molar-refractivity contribution < 1.29 is 14.4 Å². The second kappa shape index (κ2) is 17.4. The maximum atomic E-state index is 12.8. The Morgan fingerprint density at radius 3 is 1.12 bits per heavy atom. The first kappa shape index (κ1) is 45.2. The molecule has 0 unspecified atom stereocenters. The second-order valence-corrected chi connectivity index (χ2v) is 16.9. The fourth-order valence-electron chi connectivity index (χ4n) is 7.72. The summed E-state index contributed by atoms with van der Waals surface area (Å²) in [5, 5.41) is 17.5. The number of carbonyl (C=O) groups excluding carboxylic acids is 3. The lowest BCUT2D eigenvalue weighted by Gasteiger charge is -2.22. The van der Waals surface area contributed by atoms with Crippen LogP contribution in [-0.2, 0) is 29.8 Å². The maximum absolute atomic E-state index is 12.8. The number of halogens is 1. The molecule has 65 heavy (non-hydrogen) atoms. The molecule has 3 aliphatic rings. The lowest BCUT2D eigenvalue weighted by molar-refractivity contribution is 0.0925. The summed E-state index contributed by atoms with van der Waals surface area (Å²) in [6, 6.07) is 9.85. The van der Waals surface area contributed by atoms with Crippen LogP contribution in [0.15, 0.2) is 88.4 Å². The molecule has 0 aliphatic carbocycles. The molecule has 6 aromatic heterocycles. The minimum absolute atomic E-state index is 0.167. The number of carbonyl (C=O) groups is 3. The zero-order valence-electron chi connectivity index (χ0n) is 36.7. The summed E-state index contributed by atoms with van der Waals surface area (Å²) in [7, 11) is 0. The van der Waals surface area contributed by atoms with Gasteiger partial charge in [0.15, 0.2) is 0 Å². The molecule has 22 heteroatoms. The van der Waals surface area contributed by atoms with E-state index in [2.05, 4.69) is 61.8 Å². The van der Waals surface area contributed by atoms with E-state index in [4.69, 9.17) is 11.6 Å². The van der Waals surface area contributed by atoms with Gasteiger partial charge in [-0.05, 0) is 102 Å². The molecule has 0 fully saturated rings. The van der Waals surface area contributed by atoms with Crippen LogP contribution in [0.25, 0.3) is 0 Å². The van der Waals surface area contributed by atoms with Crippen LogP contribution >= 0.6 is 11.6 Å². The predicted octanol–water partition coefficient (Wildman–Crippen LogP) is 4.23. The fraction of sp³-hybridized carbons (Fsp3) is 0.302. The molecular weight excluding hydrogens is 858 g/mol. The first-order valence-corrected chi connectivity index (χ1v) is 20.8. The van der Waals surface area contributed by atoms with E-state index in [0.717, 1.165) is 11.1 Å². The Balaban J connectivity index is 0.000000145. The van der Waals surface area contributed by atoms with Crippen LogP contribution in [0.1, 0.15) is 98.0 Å². The molecule has 9 heterocycles. The van der Waals surface area contributed by atoms with Crippen molar-refractivity contribution in [1.82, 2.24) is 59.6 Å². The van der Waals surface area contributed by atoms with Gasteiger partial charge >= 0.3 is 0 Å². The van der Waals surface area contributed by atoms with Crippen molar-refractivity contribution in [3.05, 3.63) is 138 Å². The molecule has 0 radical (unpaired) electrons. The first-order valence-electron chi connectivity index (χ1n) is 20.4. The monoisotopic (exact) mass is 903 g/mol. The van der Waals surface area contributed by atoms with Crippen molar-refractivity contribution in [2.45, 2.75) is 85.2 Å². The van der Waals surface area contributed by atoms with Crippen LogP contribution in [0.3, 0.4) is 0 Å². The van der Waals surface area contributed by atoms with Gasteiger partial charge in [-0.2, -0.15) is 0 Å². The highest BCUT2D eigenvalue weighted by atomic mass is 35.5. The topological polar surface area (TPSA) is 267 Å². The second-order valence-electron chi connectivity index (χ2n) is 16.4. The third-order valence-electron chi connectivity index (χ3n) is 10.6. The number of fused-ring (bicyclic) bond motifs is 3. The van der Waals surface area contributed by atoms with Gasteiger partial charge in [-0.1, -0.05) is 25.4 Å². The molecule has 0 spiro atoms. The lowest BCUT2D eigenvalue weighted by Crippen LogP contribution is -2.42. The molecule has 3 aliphatic heterocycles. The molecule has 6 aromatic rings. The molecule has 21 nitrogen and oxygen atoms in total. The average molecular weight is 904 g/mol. The van der Waals surface area contributed by atoms with E-state index in [1.807, 2.05) is 13.8 Å². The van der Waals surface area contributed by atoms with Gasteiger partial charge in [-0.15, -0.1) is 0 Å². The van der Waals surface area contributed by atoms with Crippen molar-refractivity contribution in [3.63, 3.8) is 0 Å². The zero-order valence-corrected chi connectivity index (χ0v) is 37.5. The molecule has 0 saturated heterocycles. The summed E-state index contributed by atoms with van der Waals surface area (Å²) in [5.74, 6) is 0.735. The molecule has 0 saturated carbocycles. The summed E-state index contributed by atoms with van der Waals surface area (Å²) in [6.45, 7) is 14.6. The number of anilines is 6. The van der Waals surface area contributed by atoms with Crippen molar-refractivity contribution in [2.24, 2.45) is 0 Å². The highest BCUT2D eigenvalue weighted by molar-refractivity contribution is 6.34. The first-order chi connectivity index (χ1) is 30.8. The molecule has 3 amide bonds. The maximum Gasteiger partial charge on any atom is 0.276 e. The van der Waals surface area contributed by atoms with Crippen molar-refractivity contribution in [1.29, 1.82) is 0 Å². The summed E-state index contributed by atoms with van der Waals surface area (Å²) in [6.07, 6.45) is 10.2. The van der Waals surface area contributed by atoms with Crippen LogP contribution in [0.2, 0.25) is 5.02 Å². The smallest absolute Gasteiger partial charge is 0.276 e. The van der Waals surface area contributed by atoms with Gasteiger partial charge in [0.05, 0.1) is 5.02 Å². The van der Waals surface area contributed by atoms with Crippen molar-refractivity contribution in [2.75, 3.05) is 16.0 Å². The number of hydrogen-bond donors (Lipinski definition) is 6. The largest absolute Gasteiger partial charge is 0.336 e. The fourth-order valence-corrected chi connectivity index (χ4v) is 8.00.